The molecular formula is C16H17ClFN3O. The molecule has 0 aliphatic rings. The third-order valence-electron chi connectivity index (χ3n) is 3.06. The summed E-state index contributed by atoms with van der Waals surface area (Å²) in [6.45, 7) is 1.98. The summed E-state index contributed by atoms with van der Waals surface area (Å²) in [5.41, 5.74) is 1.27. The highest BCUT2D eigenvalue weighted by Crippen LogP contribution is 2.19. The van der Waals surface area contributed by atoms with Gasteiger partial charge in [-0.2, -0.15) is 0 Å². The molecule has 22 heavy (non-hydrogen) atoms. The van der Waals surface area contributed by atoms with Crippen LogP contribution in [0.15, 0.2) is 42.7 Å². The third kappa shape index (κ3) is 4.79. The van der Waals surface area contributed by atoms with Crippen molar-refractivity contribution in [1.82, 2.24) is 15.6 Å². The maximum absolute atomic E-state index is 13.3. The molecule has 0 atom stereocenters. The monoisotopic (exact) mass is 321 g/mol. The van der Waals surface area contributed by atoms with E-state index >= 15 is 0 Å². The summed E-state index contributed by atoms with van der Waals surface area (Å²) in [6, 6.07) is 8.07. The van der Waals surface area contributed by atoms with E-state index in [9.17, 15) is 9.18 Å². The molecule has 0 aliphatic heterocycles. The Balaban J connectivity index is 1.66. The molecule has 2 N–H and O–H groups in total. The first-order valence-electron chi connectivity index (χ1n) is 7.00. The predicted octanol–water partition coefficient (Wildman–Crippen LogP) is 2.78. The molecule has 0 fully saturated rings. The minimum absolute atomic E-state index is 0.144. The normalized spacial score (nSPS) is 10.5. The van der Waals surface area contributed by atoms with Gasteiger partial charge in [-0.15, -0.1) is 0 Å². The second-order valence-electron chi connectivity index (χ2n) is 4.75. The van der Waals surface area contributed by atoms with Crippen LogP contribution in [0.2, 0.25) is 5.02 Å². The lowest BCUT2D eigenvalue weighted by atomic mass is 10.2. The molecule has 2 aromatic rings. The topological polar surface area (TPSA) is 54.0 Å². The van der Waals surface area contributed by atoms with Crippen molar-refractivity contribution in [3.63, 3.8) is 0 Å². The van der Waals surface area contributed by atoms with E-state index in [2.05, 4.69) is 15.6 Å². The van der Waals surface area contributed by atoms with Gasteiger partial charge in [0.25, 0.3) is 5.91 Å². The lowest BCUT2D eigenvalue weighted by molar-refractivity contribution is 0.0953. The van der Waals surface area contributed by atoms with Gasteiger partial charge < -0.3 is 10.6 Å². The van der Waals surface area contributed by atoms with E-state index < -0.39 is 5.82 Å². The lowest BCUT2D eigenvalue weighted by Crippen LogP contribution is -2.27. The van der Waals surface area contributed by atoms with Gasteiger partial charge in [-0.25, -0.2) is 4.39 Å². The summed E-state index contributed by atoms with van der Waals surface area (Å²) < 4.78 is 13.3. The van der Waals surface area contributed by atoms with Crippen molar-refractivity contribution >= 4 is 17.5 Å². The first-order chi connectivity index (χ1) is 10.7. The van der Waals surface area contributed by atoms with E-state index in [4.69, 9.17) is 11.6 Å². The Hall–Kier alpha value is -1.98. The molecule has 0 saturated carbocycles. The fourth-order valence-corrected chi connectivity index (χ4v) is 2.14. The standard InChI is InChI=1S/C16H17ClFN3O/c17-15-13(5-1-6-14(15)18)16(22)21-9-3-8-20-11-12-4-2-7-19-10-12/h1-2,4-7,10,20H,3,8-9,11H2,(H,21,22). The van der Waals surface area contributed by atoms with Gasteiger partial charge in [0.1, 0.15) is 5.82 Å². The van der Waals surface area contributed by atoms with Gasteiger partial charge in [0.05, 0.1) is 10.6 Å². The number of halogens is 2. The molecule has 4 nitrogen and oxygen atoms in total. The van der Waals surface area contributed by atoms with Gasteiger partial charge >= 0.3 is 0 Å². The summed E-state index contributed by atoms with van der Waals surface area (Å²) in [4.78, 5) is 15.9. The van der Waals surface area contributed by atoms with Crippen molar-refractivity contribution in [2.45, 2.75) is 13.0 Å². The maximum atomic E-state index is 13.3. The fraction of sp³-hybridized carbons (Fsp3) is 0.250. The van der Waals surface area contributed by atoms with Gasteiger partial charge in [-0.1, -0.05) is 23.7 Å². The van der Waals surface area contributed by atoms with E-state index in [1.54, 1.807) is 12.4 Å². The smallest absolute Gasteiger partial charge is 0.252 e. The van der Waals surface area contributed by atoms with Crippen LogP contribution in [0.25, 0.3) is 0 Å². The number of aromatic nitrogens is 1. The maximum Gasteiger partial charge on any atom is 0.252 e. The highest BCUT2D eigenvalue weighted by molar-refractivity contribution is 6.34. The molecule has 1 aromatic carbocycles. The van der Waals surface area contributed by atoms with Crippen molar-refractivity contribution < 1.29 is 9.18 Å². The van der Waals surface area contributed by atoms with Crippen molar-refractivity contribution in [2.75, 3.05) is 13.1 Å². The zero-order valence-corrected chi connectivity index (χ0v) is 12.7. The largest absolute Gasteiger partial charge is 0.352 e. The number of benzene rings is 1. The Morgan fingerprint density at radius 1 is 1.23 bits per heavy atom. The summed E-state index contributed by atoms with van der Waals surface area (Å²) in [5.74, 6) is -0.954. The number of hydrogen-bond acceptors (Lipinski definition) is 3. The highest BCUT2D eigenvalue weighted by Gasteiger charge is 2.12. The van der Waals surface area contributed by atoms with Crippen molar-refractivity contribution in [2.24, 2.45) is 0 Å². The zero-order chi connectivity index (χ0) is 15.8. The number of nitrogens with one attached hydrogen (secondary N) is 2. The number of nitrogens with zero attached hydrogens (tertiary/aromatic N) is 1. The second-order valence-corrected chi connectivity index (χ2v) is 5.13. The molecule has 0 spiro atoms. The van der Waals surface area contributed by atoms with E-state index in [1.807, 2.05) is 12.1 Å². The van der Waals surface area contributed by atoms with E-state index in [-0.39, 0.29) is 16.5 Å². The van der Waals surface area contributed by atoms with E-state index in [0.29, 0.717) is 6.54 Å². The van der Waals surface area contributed by atoms with Crippen molar-refractivity contribution in [3.05, 3.63) is 64.7 Å². The number of hydrogen-bond donors (Lipinski definition) is 2. The Kier molecular flexibility index (Phi) is 6.30. The molecular weight excluding hydrogens is 305 g/mol. The van der Waals surface area contributed by atoms with E-state index in [0.717, 1.165) is 25.1 Å². The molecule has 1 heterocycles. The zero-order valence-electron chi connectivity index (χ0n) is 12.0. The number of carbonyl (C=O) groups excluding carboxylic acids is 1. The molecule has 0 bridgehead atoms. The van der Waals surface area contributed by atoms with Crippen molar-refractivity contribution in [1.29, 1.82) is 0 Å². The first-order valence-corrected chi connectivity index (χ1v) is 7.38. The average Bonchev–Trinajstić information content (AvgIpc) is 2.54. The number of carbonyl (C=O) groups is 1. The van der Waals surface area contributed by atoms with Crippen LogP contribution in [0, 0.1) is 5.82 Å². The molecule has 116 valence electrons. The Bertz CT molecular complexity index is 622. The number of pyridine rings is 1. The molecule has 0 aliphatic carbocycles. The van der Waals surface area contributed by atoms with Gasteiger partial charge in [0, 0.05) is 25.5 Å². The van der Waals surface area contributed by atoms with Gasteiger partial charge in [-0.05, 0) is 36.7 Å². The minimum atomic E-state index is -0.590. The number of rotatable bonds is 7. The van der Waals surface area contributed by atoms with Crippen LogP contribution in [0.1, 0.15) is 22.3 Å². The summed E-state index contributed by atoms with van der Waals surface area (Å²) >= 11 is 5.76. The molecule has 0 radical (unpaired) electrons. The summed E-state index contributed by atoms with van der Waals surface area (Å²) in [7, 11) is 0. The molecule has 2 rings (SSSR count). The Morgan fingerprint density at radius 2 is 2.09 bits per heavy atom. The van der Waals surface area contributed by atoms with Crippen LogP contribution in [-0.2, 0) is 6.54 Å². The van der Waals surface area contributed by atoms with Crippen LogP contribution < -0.4 is 10.6 Å². The molecule has 1 amide bonds. The van der Waals surface area contributed by atoms with Crippen LogP contribution in [0.5, 0.6) is 0 Å². The molecule has 0 saturated heterocycles. The van der Waals surface area contributed by atoms with Crippen LogP contribution in [0.4, 0.5) is 4.39 Å². The Labute approximate surface area is 133 Å². The third-order valence-corrected chi connectivity index (χ3v) is 3.45. The molecule has 0 unspecified atom stereocenters. The SMILES string of the molecule is O=C(NCCCNCc1cccnc1)c1cccc(F)c1Cl. The van der Waals surface area contributed by atoms with Gasteiger partial charge in [0.15, 0.2) is 0 Å². The van der Waals surface area contributed by atoms with Crippen molar-refractivity contribution in [3.8, 4) is 0 Å². The first kappa shape index (κ1) is 16.4. The minimum Gasteiger partial charge on any atom is -0.352 e. The number of amides is 1. The van der Waals surface area contributed by atoms with Gasteiger partial charge in [-0.3, -0.25) is 9.78 Å². The predicted molar refractivity (Wildman–Crippen MR) is 84.3 cm³/mol. The second kappa shape index (κ2) is 8.46. The highest BCUT2D eigenvalue weighted by atomic mass is 35.5. The van der Waals surface area contributed by atoms with Crippen LogP contribution >= 0.6 is 11.6 Å². The lowest BCUT2D eigenvalue weighted by Gasteiger charge is -2.08. The average molecular weight is 322 g/mol. The summed E-state index contributed by atoms with van der Waals surface area (Å²) in [6.07, 6.45) is 4.30. The molecule has 1 aromatic heterocycles. The van der Waals surface area contributed by atoms with Gasteiger partial charge in [0.2, 0.25) is 0 Å². The quantitative estimate of drug-likeness (QED) is 0.771. The van der Waals surface area contributed by atoms with Crippen LogP contribution in [0.3, 0.4) is 0 Å². The Morgan fingerprint density at radius 3 is 2.86 bits per heavy atom. The van der Waals surface area contributed by atoms with Crippen LogP contribution in [-0.4, -0.2) is 24.0 Å². The summed E-state index contributed by atoms with van der Waals surface area (Å²) in [5, 5.41) is 5.84. The fourth-order valence-electron chi connectivity index (χ4n) is 1.93. The van der Waals surface area contributed by atoms with E-state index in [1.165, 1.54) is 18.2 Å². The molecule has 6 heteroatoms.